The van der Waals surface area contributed by atoms with Gasteiger partial charge in [0.1, 0.15) is 11.1 Å². The number of thiazole rings is 1. The first-order chi connectivity index (χ1) is 11.7. The van der Waals surface area contributed by atoms with Crippen molar-refractivity contribution < 1.29 is 4.79 Å². The van der Waals surface area contributed by atoms with Crippen molar-refractivity contribution >= 4 is 34.5 Å². The minimum absolute atomic E-state index is 0.180. The monoisotopic (exact) mass is 353 g/mol. The van der Waals surface area contributed by atoms with Gasteiger partial charge in [-0.3, -0.25) is 4.79 Å². The number of nitrogens with zero attached hydrogens (tertiary/aromatic N) is 2. The third-order valence-corrected chi connectivity index (χ3v) is 4.54. The number of nitrogens with one attached hydrogen (secondary N) is 1. The zero-order chi connectivity index (χ0) is 16.9. The standard InChI is InChI=1S/C18H12ClN3OS/c19-16-8-14(7-6-13(16)10-20)21-17(23)9-15-11-24-18(22-15)12-4-2-1-3-5-12/h1-8,11H,9H2,(H,21,23). The zero-order valence-electron chi connectivity index (χ0n) is 12.5. The molecule has 1 aromatic heterocycles. The lowest BCUT2D eigenvalue weighted by atomic mass is 10.2. The van der Waals surface area contributed by atoms with Crippen molar-refractivity contribution in [3.63, 3.8) is 0 Å². The Kier molecular flexibility index (Phi) is 4.90. The van der Waals surface area contributed by atoms with Crippen LogP contribution in [0.1, 0.15) is 11.3 Å². The first kappa shape index (κ1) is 16.2. The predicted molar refractivity (Wildman–Crippen MR) is 96.1 cm³/mol. The van der Waals surface area contributed by atoms with E-state index in [1.54, 1.807) is 18.2 Å². The van der Waals surface area contributed by atoms with E-state index in [0.29, 0.717) is 16.3 Å². The number of anilines is 1. The molecule has 4 nitrogen and oxygen atoms in total. The normalized spacial score (nSPS) is 10.2. The van der Waals surface area contributed by atoms with Gasteiger partial charge in [-0.25, -0.2) is 4.98 Å². The average Bonchev–Trinajstić information content (AvgIpc) is 3.04. The summed E-state index contributed by atoms with van der Waals surface area (Å²) in [6.45, 7) is 0. The molecule has 0 unspecified atom stereocenters. The number of halogens is 1. The number of benzene rings is 2. The summed E-state index contributed by atoms with van der Waals surface area (Å²) in [6, 6.07) is 16.6. The van der Waals surface area contributed by atoms with E-state index in [0.717, 1.165) is 16.3 Å². The minimum atomic E-state index is -0.180. The van der Waals surface area contributed by atoms with Crippen molar-refractivity contribution in [1.82, 2.24) is 4.98 Å². The average molecular weight is 354 g/mol. The van der Waals surface area contributed by atoms with Crippen LogP contribution in [-0.4, -0.2) is 10.9 Å². The third-order valence-electron chi connectivity index (χ3n) is 3.29. The Labute approximate surface area is 148 Å². The van der Waals surface area contributed by atoms with Gasteiger partial charge in [-0.05, 0) is 18.2 Å². The number of rotatable bonds is 4. The Balaban J connectivity index is 1.66. The van der Waals surface area contributed by atoms with Crippen LogP contribution >= 0.6 is 22.9 Å². The lowest BCUT2D eigenvalue weighted by Gasteiger charge is -2.05. The molecule has 0 aliphatic heterocycles. The van der Waals surface area contributed by atoms with Crippen LogP contribution in [0.25, 0.3) is 10.6 Å². The smallest absolute Gasteiger partial charge is 0.230 e. The lowest BCUT2D eigenvalue weighted by Crippen LogP contribution is -2.14. The van der Waals surface area contributed by atoms with Crippen LogP contribution in [0.15, 0.2) is 53.9 Å². The molecule has 0 radical (unpaired) electrons. The molecule has 1 heterocycles. The van der Waals surface area contributed by atoms with Crippen LogP contribution in [0.4, 0.5) is 5.69 Å². The highest BCUT2D eigenvalue weighted by molar-refractivity contribution is 7.13. The highest BCUT2D eigenvalue weighted by Gasteiger charge is 2.10. The minimum Gasteiger partial charge on any atom is -0.326 e. The molecule has 3 aromatic rings. The fourth-order valence-corrected chi connectivity index (χ4v) is 3.20. The fourth-order valence-electron chi connectivity index (χ4n) is 2.15. The summed E-state index contributed by atoms with van der Waals surface area (Å²) in [5.74, 6) is -0.180. The van der Waals surface area contributed by atoms with E-state index in [9.17, 15) is 4.79 Å². The van der Waals surface area contributed by atoms with Gasteiger partial charge in [0.25, 0.3) is 0 Å². The van der Waals surface area contributed by atoms with E-state index >= 15 is 0 Å². The second kappa shape index (κ2) is 7.26. The summed E-state index contributed by atoms with van der Waals surface area (Å²) in [4.78, 5) is 16.6. The SMILES string of the molecule is N#Cc1ccc(NC(=O)Cc2csc(-c3ccccc3)n2)cc1Cl. The summed E-state index contributed by atoms with van der Waals surface area (Å²) in [6.07, 6.45) is 0.182. The summed E-state index contributed by atoms with van der Waals surface area (Å²) in [7, 11) is 0. The van der Waals surface area contributed by atoms with E-state index in [1.807, 2.05) is 41.8 Å². The summed E-state index contributed by atoms with van der Waals surface area (Å²) >= 11 is 7.47. The van der Waals surface area contributed by atoms with Crippen LogP contribution in [-0.2, 0) is 11.2 Å². The van der Waals surface area contributed by atoms with Crippen molar-refractivity contribution in [3.05, 3.63) is 70.2 Å². The summed E-state index contributed by atoms with van der Waals surface area (Å²) in [5.41, 5.74) is 2.69. The molecule has 0 bridgehead atoms. The van der Waals surface area contributed by atoms with Gasteiger partial charge in [-0.15, -0.1) is 11.3 Å². The zero-order valence-corrected chi connectivity index (χ0v) is 14.1. The maximum absolute atomic E-state index is 12.1. The Bertz CT molecular complexity index is 916. The summed E-state index contributed by atoms with van der Waals surface area (Å²) < 4.78 is 0. The van der Waals surface area contributed by atoms with Crippen LogP contribution in [0, 0.1) is 11.3 Å². The number of amides is 1. The van der Waals surface area contributed by atoms with Crippen molar-refractivity contribution in [2.75, 3.05) is 5.32 Å². The number of aromatic nitrogens is 1. The largest absolute Gasteiger partial charge is 0.326 e. The Hall–Kier alpha value is -2.68. The molecule has 0 spiro atoms. The predicted octanol–water partition coefficient (Wildman–Crippen LogP) is 4.52. The second-order valence-electron chi connectivity index (χ2n) is 5.04. The molecule has 0 aliphatic carbocycles. The quantitative estimate of drug-likeness (QED) is 0.750. The molecule has 1 amide bonds. The third kappa shape index (κ3) is 3.80. The van der Waals surface area contributed by atoms with Crippen LogP contribution < -0.4 is 5.32 Å². The Morgan fingerprint density at radius 3 is 2.75 bits per heavy atom. The number of nitriles is 1. The Morgan fingerprint density at radius 1 is 1.25 bits per heavy atom. The first-order valence-corrected chi connectivity index (χ1v) is 8.41. The molecular weight excluding hydrogens is 342 g/mol. The van der Waals surface area contributed by atoms with E-state index in [-0.39, 0.29) is 12.3 Å². The van der Waals surface area contributed by atoms with E-state index in [1.165, 1.54) is 11.3 Å². The van der Waals surface area contributed by atoms with Gasteiger partial charge in [-0.1, -0.05) is 41.9 Å². The molecule has 0 saturated carbocycles. The summed E-state index contributed by atoms with van der Waals surface area (Å²) in [5, 5.41) is 14.7. The molecule has 118 valence electrons. The number of hydrogen-bond acceptors (Lipinski definition) is 4. The maximum Gasteiger partial charge on any atom is 0.230 e. The molecule has 2 aromatic carbocycles. The van der Waals surface area contributed by atoms with Gasteiger partial charge in [-0.2, -0.15) is 5.26 Å². The lowest BCUT2D eigenvalue weighted by molar-refractivity contribution is -0.115. The molecule has 0 saturated heterocycles. The number of hydrogen-bond donors (Lipinski definition) is 1. The number of carbonyl (C=O) groups excluding carboxylic acids is 1. The van der Waals surface area contributed by atoms with Gasteiger partial charge in [0.2, 0.25) is 5.91 Å². The van der Waals surface area contributed by atoms with E-state index in [2.05, 4.69) is 10.3 Å². The highest BCUT2D eigenvalue weighted by atomic mass is 35.5. The van der Waals surface area contributed by atoms with Crippen LogP contribution in [0.3, 0.4) is 0 Å². The topological polar surface area (TPSA) is 65.8 Å². The van der Waals surface area contributed by atoms with Crippen molar-refractivity contribution in [1.29, 1.82) is 5.26 Å². The van der Waals surface area contributed by atoms with Crippen LogP contribution in [0.5, 0.6) is 0 Å². The van der Waals surface area contributed by atoms with E-state index < -0.39 is 0 Å². The van der Waals surface area contributed by atoms with Crippen LogP contribution in [0.2, 0.25) is 5.02 Å². The van der Waals surface area contributed by atoms with Gasteiger partial charge in [0, 0.05) is 16.6 Å². The molecule has 3 rings (SSSR count). The molecule has 0 aliphatic rings. The second-order valence-corrected chi connectivity index (χ2v) is 6.31. The van der Waals surface area contributed by atoms with Crippen molar-refractivity contribution in [3.8, 4) is 16.6 Å². The molecular formula is C18H12ClN3OS. The fraction of sp³-hybridized carbons (Fsp3) is 0.0556. The van der Waals surface area contributed by atoms with Gasteiger partial charge < -0.3 is 5.32 Å². The number of carbonyl (C=O) groups is 1. The van der Waals surface area contributed by atoms with Gasteiger partial charge in [0.15, 0.2) is 0 Å². The van der Waals surface area contributed by atoms with E-state index in [4.69, 9.17) is 16.9 Å². The van der Waals surface area contributed by atoms with Gasteiger partial charge in [0.05, 0.1) is 22.7 Å². The molecule has 24 heavy (non-hydrogen) atoms. The molecule has 6 heteroatoms. The van der Waals surface area contributed by atoms with Crippen molar-refractivity contribution in [2.45, 2.75) is 6.42 Å². The van der Waals surface area contributed by atoms with Gasteiger partial charge >= 0.3 is 0 Å². The van der Waals surface area contributed by atoms with Crippen molar-refractivity contribution in [2.24, 2.45) is 0 Å². The molecule has 0 atom stereocenters. The first-order valence-electron chi connectivity index (χ1n) is 7.15. The molecule has 1 N–H and O–H groups in total. The highest BCUT2D eigenvalue weighted by Crippen LogP contribution is 2.24. The Morgan fingerprint density at radius 2 is 2.04 bits per heavy atom. The maximum atomic E-state index is 12.1. The molecule has 0 fully saturated rings.